The minimum atomic E-state index is -1.26. The van der Waals surface area contributed by atoms with Gasteiger partial charge >= 0.3 is 18.1 Å². The first-order valence-corrected chi connectivity index (χ1v) is 14.2. The van der Waals surface area contributed by atoms with Crippen molar-refractivity contribution in [1.29, 1.82) is 0 Å². The predicted octanol–water partition coefficient (Wildman–Crippen LogP) is 1.11. The van der Waals surface area contributed by atoms with Crippen LogP contribution in [-0.4, -0.2) is 103 Å². The Morgan fingerprint density at radius 2 is 1.93 bits per heavy atom. The fraction of sp³-hybridized carbons (Fsp3) is 0.500. The molecule has 5 rings (SSSR count). The van der Waals surface area contributed by atoms with E-state index in [1.54, 1.807) is 6.92 Å². The normalized spacial score (nSPS) is 27.6. The zero-order chi connectivity index (χ0) is 30.5. The second-order valence-electron chi connectivity index (χ2n) is 10.8. The van der Waals surface area contributed by atoms with Crippen molar-refractivity contribution in [2.75, 3.05) is 19.6 Å². The smallest absolute Gasteiger partial charge is 0.410 e. The quantitative estimate of drug-likeness (QED) is 0.158. The Morgan fingerprint density at radius 3 is 2.50 bits per heavy atom. The topological polar surface area (TPSA) is 200 Å². The molecule has 15 nitrogen and oxygen atoms in total. The molecule has 4 aliphatic heterocycles. The Labute approximate surface area is 243 Å². The number of likely N-dealkylation sites (tertiary alicyclic amines) is 1. The number of fused-ring (bicyclic) bond motifs is 1. The van der Waals surface area contributed by atoms with Gasteiger partial charge in [0, 0.05) is 41.3 Å². The summed E-state index contributed by atoms with van der Waals surface area (Å²) in [6, 6.07) is 3.91. The van der Waals surface area contributed by atoms with E-state index in [2.05, 4.69) is 5.32 Å². The highest BCUT2D eigenvalue weighted by molar-refractivity contribution is 8.03. The van der Waals surface area contributed by atoms with E-state index in [1.165, 1.54) is 57.7 Å². The Kier molecular flexibility index (Phi) is 7.85. The number of carbonyl (C=O) groups is 5. The molecule has 0 bridgehead atoms. The lowest BCUT2D eigenvalue weighted by molar-refractivity contribution is -0.384. The number of nitrogens with zero attached hydrogens (tertiary/aromatic N) is 4. The number of carbonyl (C=O) groups excluding carboxylic acids is 4. The molecule has 1 aromatic rings. The minimum absolute atomic E-state index is 0.0407. The number of thioether (sulfide) groups is 1. The highest BCUT2D eigenvalue weighted by atomic mass is 32.2. The van der Waals surface area contributed by atoms with Crippen molar-refractivity contribution in [2.45, 2.75) is 50.3 Å². The molecule has 0 aromatic heterocycles. The highest BCUT2D eigenvalue weighted by Crippen LogP contribution is 2.52. The molecule has 4 heterocycles. The summed E-state index contributed by atoms with van der Waals surface area (Å²) in [7, 11) is 0. The first-order valence-electron chi connectivity index (χ1n) is 13.3. The van der Waals surface area contributed by atoms with Crippen molar-refractivity contribution < 1.29 is 43.8 Å². The molecule has 6 atom stereocenters. The van der Waals surface area contributed by atoms with E-state index in [0.29, 0.717) is 16.9 Å². The van der Waals surface area contributed by atoms with E-state index in [4.69, 9.17) is 4.74 Å². The summed E-state index contributed by atoms with van der Waals surface area (Å²) in [4.78, 5) is 76.9. The van der Waals surface area contributed by atoms with Crippen molar-refractivity contribution in [3.63, 3.8) is 0 Å². The lowest BCUT2D eigenvalue weighted by Crippen LogP contribution is -2.63. The predicted molar refractivity (Wildman–Crippen MR) is 145 cm³/mol. The third-order valence-corrected chi connectivity index (χ3v) is 9.52. The molecule has 224 valence electrons. The van der Waals surface area contributed by atoms with Gasteiger partial charge < -0.3 is 29.6 Å². The van der Waals surface area contributed by atoms with Crippen molar-refractivity contribution >= 4 is 47.4 Å². The number of hydrogen-bond acceptors (Lipinski definition) is 10. The van der Waals surface area contributed by atoms with Gasteiger partial charge in [0.15, 0.2) is 0 Å². The van der Waals surface area contributed by atoms with Crippen LogP contribution >= 0.6 is 11.8 Å². The van der Waals surface area contributed by atoms with Crippen LogP contribution in [0.4, 0.5) is 15.3 Å². The van der Waals surface area contributed by atoms with Gasteiger partial charge in [0.25, 0.3) is 5.69 Å². The number of imide groups is 1. The van der Waals surface area contributed by atoms with Crippen LogP contribution in [0.1, 0.15) is 25.8 Å². The summed E-state index contributed by atoms with van der Waals surface area (Å²) < 4.78 is 5.49. The maximum Gasteiger partial charge on any atom is 0.410 e. The number of aliphatic hydroxyl groups is 1. The molecule has 16 heteroatoms. The van der Waals surface area contributed by atoms with Crippen molar-refractivity contribution in [3.8, 4) is 0 Å². The van der Waals surface area contributed by atoms with E-state index in [-0.39, 0.29) is 48.8 Å². The summed E-state index contributed by atoms with van der Waals surface area (Å²) in [6.45, 7) is 3.16. The lowest BCUT2D eigenvalue weighted by Gasteiger charge is -2.46. The zero-order valence-corrected chi connectivity index (χ0v) is 23.5. The summed E-state index contributed by atoms with van der Waals surface area (Å²) in [5, 5.41) is 32.9. The standard InChI is InChI=1S/C26H29N5O10S/c1-12-20-19(13(2)32)23(34)30(20)21(24(35)36)22(12)42-17-7-16(8-28-10-18(33)27-25(28)37)29(9-17)26(38)41-11-14-3-5-15(6-4-14)31(39)40/h3-6,12-13,16-17,19-20,32H,7-11H2,1-2H3,(H,35,36)(H,27,33,37)/t12-,13-,16+,17+,19-,20-/m1/s1. The van der Waals surface area contributed by atoms with Crippen LogP contribution in [0, 0.1) is 22.0 Å². The number of aliphatic hydroxyl groups excluding tert-OH is 1. The number of carboxylic acids is 1. The Balaban J connectivity index is 1.33. The molecule has 42 heavy (non-hydrogen) atoms. The molecule has 3 saturated heterocycles. The summed E-state index contributed by atoms with van der Waals surface area (Å²) in [6.07, 6.45) is -1.30. The monoisotopic (exact) mass is 603 g/mol. The van der Waals surface area contributed by atoms with Crippen LogP contribution in [0.3, 0.4) is 0 Å². The molecule has 5 amide bonds. The van der Waals surface area contributed by atoms with E-state index >= 15 is 0 Å². The third kappa shape index (κ3) is 5.27. The number of urea groups is 1. The van der Waals surface area contributed by atoms with E-state index in [0.717, 1.165) is 0 Å². The van der Waals surface area contributed by atoms with Crippen LogP contribution in [0.25, 0.3) is 0 Å². The number of ether oxygens (including phenoxy) is 1. The van der Waals surface area contributed by atoms with Crippen LogP contribution in [0.5, 0.6) is 0 Å². The molecule has 3 N–H and O–H groups in total. The van der Waals surface area contributed by atoms with Crippen LogP contribution in [-0.2, 0) is 25.7 Å². The van der Waals surface area contributed by atoms with E-state index in [9.17, 15) is 44.3 Å². The maximum absolute atomic E-state index is 13.2. The van der Waals surface area contributed by atoms with E-state index < -0.39 is 58.9 Å². The average Bonchev–Trinajstić information content (AvgIpc) is 3.54. The number of β-lactam (4-membered cyclic amide) rings is 1. The number of carboxylic acid groups (broad SMARTS) is 1. The number of benzene rings is 1. The first kappa shape index (κ1) is 29.3. The molecule has 0 radical (unpaired) electrons. The van der Waals surface area contributed by atoms with Crippen molar-refractivity contribution in [1.82, 2.24) is 20.0 Å². The van der Waals surface area contributed by atoms with Gasteiger partial charge in [-0.15, -0.1) is 11.8 Å². The number of aliphatic carboxylic acids is 1. The van der Waals surface area contributed by atoms with Gasteiger partial charge in [0.1, 0.15) is 18.8 Å². The second kappa shape index (κ2) is 11.2. The molecule has 1 aromatic carbocycles. The molecule has 0 aliphatic carbocycles. The maximum atomic E-state index is 13.2. The van der Waals surface area contributed by atoms with Crippen LogP contribution in [0.2, 0.25) is 0 Å². The van der Waals surface area contributed by atoms with Crippen LogP contribution in [0.15, 0.2) is 34.9 Å². The van der Waals surface area contributed by atoms with Gasteiger partial charge in [-0.3, -0.25) is 25.0 Å². The fourth-order valence-electron chi connectivity index (χ4n) is 6.04. The Hall–Kier alpha value is -4.18. The summed E-state index contributed by atoms with van der Waals surface area (Å²) in [5.41, 5.74) is 0.295. The second-order valence-corrected chi connectivity index (χ2v) is 12.1. The van der Waals surface area contributed by atoms with Gasteiger partial charge in [-0.1, -0.05) is 6.92 Å². The molecule has 3 fully saturated rings. The van der Waals surface area contributed by atoms with Gasteiger partial charge in [-0.2, -0.15) is 0 Å². The van der Waals surface area contributed by atoms with Crippen LogP contribution < -0.4 is 5.32 Å². The average molecular weight is 604 g/mol. The van der Waals surface area contributed by atoms with Gasteiger partial charge in [0.2, 0.25) is 11.8 Å². The number of nitrogens with one attached hydrogen (secondary N) is 1. The Morgan fingerprint density at radius 1 is 1.24 bits per heavy atom. The van der Waals surface area contributed by atoms with Gasteiger partial charge in [-0.25, -0.2) is 14.4 Å². The highest BCUT2D eigenvalue weighted by Gasteiger charge is 2.60. The zero-order valence-electron chi connectivity index (χ0n) is 22.7. The SMILES string of the molecule is C[C@@H](O)[C@H]1C(=O)N2C(C(=O)O)=C(S[C@H]3C[C@@H](CN4CC(=O)NC4=O)N(C(=O)OCc4ccc([N+](=O)[O-])cc4)C3)[C@H](C)[C@H]12. The molecule has 0 unspecified atom stereocenters. The molecular formula is C26H29N5O10S. The molecule has 0 saturated carbocycles. The van der Waals surface area contributed by atoms with Gasteiger partial charge in [0.05, 0.1) is 29.0 Å². The van der Waals surface area contributed by atoms with Crippen molar-refractivity contribution in [3.05, 3.63) is 50.5 Å². The lowest BCUT2D eigenvalue weighted by atomic mass is 9.79. The molecule has 0 spiro atoms. The number of nitro benzene ring substituents is 1. The van der Waals surface area contributed by atoms with Crippen molar-refractivity contribution in [2.24, 2.45) is 11.8 Å². The first-order chi connectivity index (χ1) is 19.9. The van der Waals surface area contributed by atoms with Gasteiger partial charge in [-0.05, 0) is 31.0 Å². The third-order valence-electron chi connectivity index (χ3n) is 8.02. The number of rotatable bonds is 9. The number of nitro groups is 1. The summed E-state index contributed by atoms with van der Waals surface area (Å²) >= 11 is 1.25. The van der Waals surface area contributed by atoms with E-state index in [1.807, 2.05) is 0 Å². The molecule has 4 aliphatic rings. The largest absolute Gasteiger partial charge is 0.477 e. The number of non-ortho nitro benzene ring substituents is 1. The Bertz CT molecular complexity index is 1380. The number of hydrogen-bond donors (Lipinski definition) is 3. The number of amides is 5. The summed E-state index contributed by atoms with van der Waals surface area (Å²) in [5.74, 6) is -3.23. The fourth-order valence-corrected chi connectivity index (χ4v) is 7.60. The minimum Gasteiger partial charge on any atom is -0.477 e. The molecular weight excluding hydrogens is 574 g/mol.